The van der Waals surface area contributed by atoms with Crippen molar-refractivity contribution in [2.45, 2.75) is 47.2 Å². The van der Waals surface area contributed by atoms with Crippen LogP contribution in [0.1, 0.15) is 40.9 Å². The molecular formula is C21H25ClN8O. The predicted octanol–water partition coefficient (Wildman–Crippen LogP) is 3.21. The Morgan fingerprint density at radius 3 is 2.65 bits per heavy atom. The zero-order chi connectivity index (χ0) is 22.1. The van der Waals surface area contributed by atoms with Crippen molar-refractivity contribution in [1.82, 2.24) is 39.5 Å². The Bertz CT molecular complexity index is 1250. The molecule has 0 bridgehead atoms. The number of hydrogen-bond donors (Lipinski definition) is 1. The number of aromatic nitrogens is 7. The second-order valence-corrected chi connectivity index (χ2v) is 7.78. The molecule has 0 aromatic carbocycles. The number of halogens is 1. The van der Waals surface area contributed by atoms with Gasteiger partial charge in [0.15, 0.2) is 11.3 Å². The molecule has 0 aliphatic carbocycles. The minimum absolute atomic E-state index is 0.233. The number of carbonyl (C=O) groups excluding carboxylic acids is 1. The van der Waals surface area contributed by atoms with E-state index in [9.17, 15) is 4.79 Å². The van der Waals surface area contributed by atoms with E-state index in [-0.39, 0.29) is 5.91 Å². The minimum Gasteiger partial charge on any atom is -0.351 e. The van der Waals surface area contributed by atoms with Crippen LogP contribution in [0.5, 0.6) is 0 Å². The third kappa shape index (κ3) is 3.93. The lowest BCUT2D eigenvalue weighted by atomic mass is 10.2. The van der Waals surface area contributed by atoms with Gasteiger partial charge in [-0.15, -0.1) is 0 Å². The van der Waals surface area contributed by atoms with Crippen LogP contribution in [0.3, 0.4) is 0 Å². The maximum absolute atomic E-state index is 12.6. The summed E-state index contributed by atoms with van der Waals surface area (Å²) in [5.41, 5.74) is 5.55. The normalized spacial score (nSPS) is 11.4. The molecule has 0 aliphatic rings. The van der Waals surface area contributed by atoms with E-state index in [0.29, 0.717) is 29.5 Å². The van der Waals surface area contributed by atoms with E-state index in [1.807, 2.05) is 49.3 Å². The van der Waals surface area contributed by atoms with Gasteiger partial charge in [0.2, 0.25) is 0 Å². The monoisotopic (exact) mass is 440 g/mol. The largest absolute Gasteiger partial charge is 0.351 e. The first kappa shape index (κ1) is 21.0. The standard InChI is InChI=1S/C21H25ClN8O/c1-5-28-14(3)16(12-25-28)18-7-9-23-19-11-17(27-30(18)19)21(31)24-8-6-10-29-15(4)20(22)13(2)26-29/h7,9,11-12H,5-6,8,10H2,1-4H3,(H,24,31). The molecule has 4 heterocycles. The number of nitrogens with one attached hydrogen (secondary N) is 1. The summed E-state index contributed by atoms with van der Waals surface area (Å²) in [4.78, 5) is 17.0. The summed E-state index contributed by atoms with van der Waals surface area (Å²) in [6.07, 6.45) is 4.27. The van der Waals surface area contributed by atoms with Gasteiger partial charge in [-0.3, -0.25) is 14.2 Å². The Morgan fingerprint density at radius 2 is 1.97 bits per heavy atom. The van der Waals surface area contributed by atoms with E-state index in [2.05, 4.69) is 25.6 Å². The average molecular weight is 441 g/mol. The lowest BCUT2D eigenvalue weighted by molar-refractivity contribution is 0.0947. The number of rotatable bonds is 7. The van der Waals surface area contributed by atoms with Gasteiger partial charge in [-0.25, -0.2) is 9.50 Å². The second kappa shape index (κ2) is 8.50. The molecule has 1 N–H and O–H groups in total. The smallest absolute Gasteiger partial charge is 0.271 e. The van der Waals surface area contributed by atoms with Gasteiger partial charge in [-0.2, -0.15) is 15.3 Å². The lowest BCUT2D eigenvalue weighted by Gasteiger charge is -2.06. The minimum atomic E-state index is -0.233. The number of nitrogens with zero attached hydrogens (tertiary/aromatic N) is 7. The van der Waals surface area contributed by atoms with Gasteiger partial charge < -0.3 is 5.32 Å². The molecule has 0 unspecified atom stereocenters. The van der Waals surface area contributed by atoms with Crippen LogP contribution in [0.4, 0.5) is 0 Å². The van der Waals surface area contributed by atoms with Gasteiger partial charge in [0, 0.05) is 43.2 Å². The van der Waals surface area contributed by atoms with E-state index in [0.717, 1.165) is 41.3 Å². The molecule has 1 amide bonds. The van der Waals surface area contributed by atoms with E-state index >= 15 is 0 Å². The zero-order valence-electron chi connectivity index (χ0n) is 18.1. The molecule has 0 fully saturated rings. The van der Waals surface area contributed by atoms with Crippen LogP contribution in [-0.4, -0.2) is 46.6 Å². The van der Waals surface area contributed by atoms with Gasteiger partial charge in [0.25, 0.3) is 5.91 Å². The number of fused-ring (bicyclic) bond motifs is 1. The van der Waals surface area contributed by atoms with Crippen molar-refractivity contribution in [3.05, 3.63) is 52.3 Å². The van der Waals surface area contributed by atoms with E-state index in [1.54, 1.807) is 16.8 Å². The third-order valence-corrected chi connectivity index (χ3v) is 5.94. The molecule has 0 saturated heterocycles. The maximum atomic E-state index is 12.6. The van der Waals surface area contributed by atoms with Crippen molar-refractivity contribution in [2.24, 2.45) is 0 Å². The van der Waals surface area contributed by atoms with Crippen molar-refractivity contribution in [3.63, 3.8) is 0 Å². The molecule has 10 heteroatoms. The van der Waals surface area contributed by atoms with Crippen LogP contribution < -0.4 is 5.32 Å². The molecule has 0 atom stereocenters. The molecule has 9 nitrogen and oxygen atoms in total. The fourth-order valence-corrected chi connectivity index (χ4v) is 3.78. The van der Waals surface area contributed by atoms with Crippen LogP contribution in [-0.2, 0) is 13.1 Å². The summed E-state index contributed by atoms with van der Waals surface area (Å²) >= 11 is 6.18. The Labute approximate surface area is 185 Å². The molecule has 4 rings (SSSR count). The average Bonchev–Trinajstić information content (AvgIpc) is 3.43. The van der Waals surface area contributed by atoms with Crippen LogP contribution >= 0.6 is 11.6 Å². The fourth-order valence-electron chi connectivity index (χ4n) is 3.64. The lowest BCUT2D eigenvalue weighted by Crippen LogP contribution is -2.26. The molecule has 31 heavy (non-hydrogen) atoms. The zero-order valence-corrected chi connectivity index (χ0v) is 18.8. The third-order valence-electron chi connectivity index (χ3n) is 5.39. The van der Waals surface area contributed by atoms with Crippen molar-refractivity contribution in [2.75, 3.05) is 6.54 Å². The Kier molecular flexibility index (Phi) is 5.77. The second-order valence-electron chi connectivity index (χ2n) is 7.41. The fraction of sp³-hybridized carbons (Fsp3) is 0.381. The maximum Gasteiger partial charge on any atom is 0.271 e. The van der Waals surface area contributed by atoms with Crippen molar-refractivity contribution >= 4 is 23.2 Å². The summed E-state index contributed by atoms with van der Waals surface area (Å²) in [5.74, 6) is -0.233. The first-order chi connectivity index (χ1) is 14.9. The van der Waals surface area contributed by atoms with E-state index in [1.165, 1.54) is 0 Å². The summed E-state index contributed by atoms with van der Waals surface area (Å²) < 4.78 is 5.48. The highest BCUT2D eigenvalue weighted by Gasteiger charge is 2.16. The molecule has 4 aromatic rings. The SMILES string of the molecule is CCn1ncc(-c2ccnc3cc(C(=O)NCCCn4nc(C)c(Cl)c4C)nn23)c1C. The molecular weight excluding hydrogens is 416 g/mol. The summed E-state index contributed by atoms with van der Waals surface area (Å²) in [6, 6.07) is 3.57. The first-order valence-corrected chi connectivity index (χ1v) is 10.6. The van der Waals surface area contributed by atoms with Crippen molar-refractivity contribution in [3.8, 4) is 11.3 Å². The Morgan fingerprint density at radius 1 is 1.16 bits per heavy atom. The number of amides is 1. The van der Waals surface area contributed by atoms with E-state index < -0.39 is 0 Å². The summed E-state index contributed by atoms with van der Waals surface area (Å²) in [5, 5.41) is 16.9. The van der Waals surface area contributed by atoms with Crippen LogP contribution in [0.15, 0.2) is 24.5 Å². The molecule has 0 aliphatic heterocycles. The highest BCUT2D eigenvalue weighted by Crippen LogP contribution is 2.23. The Hall–Kier alpha value is -3.20. The van der Waals surface area contributed by atoms with Crippen LogP contribution in [0, 0.1) is 20.8 Å². The Balaban J connectivity index is 1.46. The number of carbonyl (C=O) groups is 1. The highest BCUT2D eigenvalue weighted by atomic mass is 35.5. The first-order valence-electron chi connectivity index (χ1n) is 10.3. The van der Waals surface area contributed by atoms with Gasteiger partial charge in [0.05, 0.1) is 28.3 Å². The molecule has 0 saturated carbocycles. The topological polar surface area (TPSA) is 94.9 Å². The highest BCUT2D eigenvalue weighted by molar-refractivity contribution is 6.31. The number of aryl methyl sites for hydroxylation is 3. The van der Waals surface area contributed by atoms with Crippen molar-refractivity contribution < 1.29 is 4.79 Å². The van der Waals surface area contributed by atoms with Crippen LogP contribution in [0.25, 0.3) is 16.9 Å². The molecule has 162 valence electrons. The van der Waals surface area contributed by atoms with Crippen molar-refractivity contribution in [1.29, 1.82) is 0 Å². The summed E-state index contributed by atoms with van der Waals surface area (Å²) in [7, 11) is 0. The molecule has 0 spiro atoms. The van der Waals surface area contributed by atoms with Gasteiger partial charge in [-0.05, 0) is 40.2 Å². The van der Waals surface area contributed by atoms with Gasteiger partial charge in [0.1, 0.15) is 0 Å². The summed E-state index contributed by atoms with van der Waals surface area (Å²) in [6.45, 7) is 9.86. The van der Waals surface area contributed by atoms with Gasteiger partial charge in [-0.1, -0.05) is 11.6 Å². The van der Waals surface area contributed by atoms with Gasteiger partial charge >= 0.3 is 0 Å². The number of hydrogen-bond acceptors (Lipinski definition) is 5. The predicted molar refractivity (Wildman–Crippen MR) is 118 cm³/mol. The molecule has 0 radical (unpaired) electrons. The molecule has 4 aromatic heterocycles. The van der Waals surface area contributed by atoms with Crippen LogP contribution in [0.2, 0.25) is 5.02 Å². The quantitative estimate of drug-likeness (QED) is 0.445. The van der Waals surface area contributed by atoms with E-state index in [4.69, 9.17) is 11.6 Å².